The van der Waals surface area contributed by atoms with Crippen LogP contribution in [0.2, 0.25) is 0 Å². The molecular weight excluding hydrogens is 318 g/mol. The van der Waals surface area contributed by atoms with Crippen LogP contribution in [-0.4, -0.2) is 35.2 Å². The average molecular weight is 356 g/mol. The summed E-state index contributed by atoms with van der Waals surface area (Å²) in [6.45, 7) is 2.25. The molecule has 5 nitrogen and oxygen atoms in total. The Morgan fingerprint density at radius 1 is 0.960 bits per heavy atom. The molecule has 0 bridgehead atoms. The van der Waals surface area contributed by atoms with E-state index in [1.807, 2.05) is 6.08 Å². The van der Waals surface area contributed by atoms with Crippen LogP contribution in [0.1, 0.15) is 84.0 Å². The van der Waals surface area contributed by atoms with Crippen molar-refractivity contribution in [3.8, 4) is 0 Å². The fraction of sp³-hybridized carbons (Fsp3) is 0.800. The molecule has 0 fully saturated rings. The van der Waals surface area contributed by atoms with Crippen molar-refractivity contribution in [1.29, 1.82) is 0 Å². The number of nitrogens with one attached hydrogen (secondary N) is 1. The molecular formula is C20H37NO4. The number of rotatable bonds is 17. The zero-order valence-electron chi connectivity index (χ0n) is 15.8. The maximum atomic E-state index is 11.5. The summed E-state index contributed by atoms with van der Waals surface area (Å²) in [6.07, 6.45) is 17.1. The van der Waals surface area contributed by atoms with Crippen molar-refractivity contribution in [3.05, 3.63) is 12.2 Å². The number of carboxylic acids is 1. The summed E-state index contributed by atoms with van der Waals surface area (Å²) < 4.78 is 0. The highest BCUT2D eigenvalue weighted by Crippen LogP contribution is 2.12. The minimum atomic E-state index is -0.988. The van der Waals surface area contributed by atoms with Crippen LogP contribution in [0.25, 0.3) is 0 Å². The van der Waals surface area contributed by atoms with Crippen molar-refractivity contribution in [2.24, 2.45) is 5.92 Å². The van der Waals surface area contributed by atoms with Crippen molar-refractivity contribution in [3.63, 3.8) is 0 Å². The number of aliphatic hydroxyl groups excluding tert-OH is 1. The Kier molecular flexibility index (Phi) is 16.5. The van der Waals surface area contributed by atoms with Gasteiger partial charge < -0.3 is 15.5 Å². The number of unbranched alkanes of at least 4 members (excludes halogenated alkanes) is 10. The van der Waals surface area contributed by atoms with Crippen LogP contribution in [0.5, 0.6) is 0 Å². The highest BCUT2D eigenvalue weighted by Gasteiger charge is 2.17. The summed E-state index contributed by atoms with van der Waals surface area (Å²) in [5.74, 6) is -2.12. The van der Waals surface area contributed by atoms with Crippen molar-refractivity contribution < 1.29 is 19.8 Å². The van der Waals surface area contributed by atoms with E-state index in [1.165, 1.54) is 57.8 Å². The fourth-order valence-corrected chi connectivity index (χ4v) is 2.72. The molecule has 3 N–H and O–H groups in total. The molecule has 0 aromatic rings. The second-order valence-corrected chi connectivity index (χ2v) is 6.62. The topological polar surface area (TPSA) is 86.6 Å². The monoisotopic (exact) mass is 355 g/mol. The second-order valence-electron chi connectivity index (χ2n) is 6.62. The molecule has 0 saturated carbocycles. The van der Waals surface area contributed by atoms with E-state index in [9.17, 15) is 9.59 Å². The maximum Gasteiger partial charge on any atom is 0.310 e. The van der Waals surface area contributed by atoms with Gasteiger partial charge in [-0.2, -0.15) is 0 Å². The molecule has 0 aliphatic heterocycles. The Labute approximate surface area is 152 Å². The van der Waals surface area contributed by atoms with E-state index in [0.29, 0.717) is 0 Å². The minimum Gasteiger partial charge on any atom is -0.481 e. The van der Waals surface area contributed by atoms with Gasteiger partial charge in [-0.15, -0.1) is 0 Å². The lowest BCUT2D eigenvalue weighted by Crippen LogP contribution is -2.29. The lowest BCUT2D eigenvalue weighted by molar-refractivity contribution is -0.142. The Morgan fingerprint density at radius 3 is 2.04 bits per heavy atom. The molecule has 1 amide bonds. The van der Waals surface area contributed by atoms with E-state index in [-0.39, 0.29) is 25.5 Å². The molecule has 0 saturated heterocycles. The number of carboxylic acid groups (broad SMARTS) is 1. The van der Waals surface area contributed by atoms with Crippen molar-refractivity contribution in [1.82, 2.24) is 5.32 Å². The molecule has 0 aliphatic carbocycles. The quantitative estimate of drug-likeness (QED) is 0.271. The smallest absolute Gasteiger partial charge is 0.310 e. The maximum absolute atomic E-state index is 11.5. The number of hydrogen-bond donors (Lipinski definition) is 3. The average Bonchev–Trinajstić information content (AvgIpc) is 2.59. The molecule has 0 aliphatic rings. The first-order chi connectivity index (χ1) is 12.1. The molecule has 25 heavy (non-hydrogen) atoms. The lowest BCUT2D eigenvalue weighted by atomic mass is 10.0. The van der Waals surface area contributed by atoms with Crippen molar-refractivity contribution >= 4 is 11.9 Å². The number of carbonyl (C=O) groups excluding carboxylic acids is 1. The van der Waals surface area contributed by atoms with E-state index < -0.39 is 11.9 Å². The summed E-state index contributed by atoms with van der Waals surface area (Å²) in [4.78, 5) is 22.7. The Bertz CT molecular complexity index is 369. The SMILES string of the molecule is CCCCCCCCCCCCC=CC(CC(=O)NCCO)C(=O)O. The molecule has 0 radical (unpaired) electrons. The first kappa shape index (κ1) is 23.6. The highest BCUT2D eigenvalue weighted by atomic mass is 16.4. The minimum absolute atomic E-state index is 0.0795. The third-order valence-corrected chi connectivity index (χ3v) is 4.25. The Hall–Kier alpha value is -1.36. The van der Waals surface area contributed by atoms with Crippen LogP contribution >= 0.6 is 0 Å². The fourth-order valence-electron chi connectivity index (χ4n) is 2.72. The normalized spacial score (nSPS) is 12.4. The molecule has 0 spiro atoms. The number of carbonyl (C=O) groups is 2. The molecule has 1 unspecified atom stereocenters. The van der Waals surface area contributed by atoms with Gasteiger partial charge >= 0.3 is 5.97 Å². The van der Waals surface area contributed by atoms with Crippen LogP contribution in [0.3, 0.4) is 0 Å². The van der Waals surface area contributed by atoms with E-state index >= 15 is 0 Å². The molecule has 5 heteroatoms. The van der Waals surface area contributed by atoms with Gasteiger partial charge in [0.2, 0.25) is 5.91 Å². The summed E-state index contributed by atoms with van der Waals surface area (Å²) >= 11 is 0. The van der Waals surface area contributed by atoms with Gasteiger partial charge in [0, 0.05) is 13.0 Å². The van der Waals surface area contributed by atoms with Crippen molar-refractivity contribution in [2.45, 2.75) is 84.0 Å². The lowest BCUT2D eigenvalue weighted by Gasteiger charge is -2.08. The van der Waals surface area contributed by atoms with E-state index in [0.717, 1.165) is 12.8 Å². The standard InChI is InChI=1S/C20H37NO4/c1-2-3-4-5-6-7-8-9-10-11-12-13-14-18(20(24)25)17-19(23)21-15-16-22/h13-14,18,22H,2-12,15-17H2,1H3,(H,21,23)(H,24,25). The van der Waals surface area contributed by atoms with E-state index in [1.54, 1.807) is 6.08 Å². The molecule has 0 rings (SSSR count). The highest BCUT2D eigenvalue weighted by molar-refractivity contribution is 5.83. The summed E-state index contributed by atoms with van der Waals surface area (Å²) in [5.41, 5.74) is 0. The van der Waals surface area contributed by atoms with Gasteiger partial charge in [-0.25, -0.2) is 0 Å². The van der Waals surface area contributed by atoms with Gasteiger partial charge in [0.1, 0.15) is 0 Å². The number of aliphatic hydroxyl groups is 1. The van der Waals surface area contributed by atoms with Crippen LogP contribution in [-0.2, 0) is 9.59 Å². The molecule has 1 atom stereocenters. The summed E-state index contributed by atoms with van der Waals surface area (Å²) in [7, 11) is 0. The van der Waals surface area contributed by atoms with Gasteiger partial charge in [-0.1, -0.05) is 76.9 Å². The first-order valence-corrected chi connectivity index (χ1v) is 9.88. The molecule has 0 aromatic heterocycles. The van der Waals surface area contributed by atoms with Gasteiger partial charge in [-0.05, 0) is 12.8 Å². The molecule has 0 heterocycles. The van der Waals surface area contributed by atoms with Gasteiger partial charge in [0.15, 0.2) is 0 Å². The Morgan fingerprint density at radius 2 is 1.52 bits per heavy atom. The van der Waals surface area contributed by atoms with Gasteiger partial charge in [-0.3, -0.25) is 9.59 Å². The van der Waals surface area contributed by atoms with Crippen LogP contribution in [0.15, 0.2) is 12.2 Å². The largest absolute Gasteiger partial charge is 0.481 e. The van der Waals surface area contributed by atoms with Crippen molar-refractivity contribution in [2.75, 3.05) is 13.2 Å². The number of amides is 1. The number of hydrogen-bond acceptors (Lipinski definition) is 3. The predicted molar refractivity (Wildman–Crippen MR) is 101 cm³/mol. The zero-order chi connectivity index (χ0) is 18.8. The second kappa shape index (κ2) is 17.5. The third kappa shape index (κ3) is 15.9. The number of allylic oxidation sites excluding steroid dienone is 1. The predicted octanol–water partition coefficient (Wildman–Crippen LogP) is 4.05. The van der Waals surface area contributed by atoms with Gasteiger partial charge in [0.25, 0.3) is 0 Å². The Balaban J connectivity index is 3.68. The van der Waals surface area contributed by atoms with E-state index in [4.69, 9.17) is 10.2 Å². The summed E-state index contributed by atoms with van der Waals surface area (Å²) in [5, 5.41) is 20.3. The molecule has 146 valence electrons. The number of aliphatic carboxylic acids is 1. The third-order valence-electron chi connectivity index (χ3n) is 4.25. The first-order valence-electron chi connectivity index (χ1n) is 9.88. The van der Waals surface area contributed by atoms with Crippen LogP contribution < -0.4 is 5.32 Å². The van der Waals surface area contributed by atoms with Gasteiger partial charge in [0.05, 0.1) is 12.5 Å². The summed E-state index contributed by atoms with van der Waals surface area (Å²) in [6, 6.07) is 0. The zero-order valence-corrected chi connectivity index (χ0v) is 15.8. The van der Waals surface area contributed by atoms with Crippen LogP contribution in [0.4, 0.5) is 0 Å². The molecule has 0 aromatic carbocycles. The van der Waals surface area contributed by atoms with E-state index in [2.05, 4.69) is 12.2 Å². The van der Waals surface area contributed by atoms with Crippen LogP contribution in [0, 0.1) is 5.92 Å².